The van der Waals surface area contributed by atoms with Gasteiger partial charge in [0, 0.05) is 27.5 Å². The number of benzene rings is 11. The van der Waals surface area contributed by atoms with Crippen molar-refractivity contribution in [3.63, 3.8) is 0 Å². The minimum Gasteiger partial charge on any atom is -0.308 e. The summed E-state index contributed by atoms with van der Waals surface area (Å²) in [7, 11) is -2.91. The molecule has 0 aliphatic carbocycles. The molecule has 0 atom stereocenters. The lowest BCUT2D eigenvalue weighted by molar-refractivity contribution is 1.06. The van der Waals surface area contributed by atoms with Gasteiger partial charge in [0.05, 0.1) is 34.9 Å². The Bertz CT molecular complexity index is 4180. The van der Waals surface area contributed by atoms with Gasteiger partial charge in [-0.15, -0.1) is 0 Å². The molecule has 0 radical (unpaired) electrons. The van der Waals surface area contributed by atoms with Gasteiger partial charge in [-0.1, -0.05) is 249 Å². The number of para-hydroxylation sites is 1. The van der Waals surface area contributed by atoms with Crippen molar-refractivity contribution in [2.45, 2.75) is 0 Å². The molecule has 7 heteroatoms. The van der Waals surface area contributed by atoms with Crippen LogP contribution in [0.2, 0.25) is 0 Å². The van der Waals surface area contributed by atoms with Crippen LogP contribution in [0.5, 0.6) is 0 Å². The highest BCUT2D eigenvalue weighted by Gasteiger charge is 2.41. The monoisotopic (exact) mass is 1010 g/mol. The third-order valence-electron chi connectivity index (χ3n) is 14.9. The number of hydrogen-bond acceptors (Lipinski definition) is 4. The van der Waals surface area contributed by atoms with Gasteiger partial charge in [-0.2, -0.15) is 5.26 Å². The van der Waals surface area contributed by atoms with Crippen LogP contribution in [0.4, 0.5) is 5.69 Å². The van der Waals surface area contributed by atoms with Crippen LogP contribution in [0.15, 0.2) is 279 Å². The maximum atomic E-state index is 10.4. The molecule has 0 spiro atoms. The van der Waals surface area contributed by atoms with Gasteiger partial charge in [-0.3, -0.25) is 0 Å². The van der Waals surface area contributed by atoms with Crippen molar-refractivity contribution in [1.29, 1.82) is 5.26 Å². The summed E-state index contributed by atoms with van der Waals surface area (Å²) in [4.78, 5) is 19.8. The number of nitriles is 1. The average molecular weight is 1010 g/mol. The van der Waals surface area contributed by atoms with Crippen molar-refractivity contribution in [3.05, 3.63) is 296 Å². The molecule has 0 fully saturated rings. The summed E-state index contributed by atoms with van der Waals surface area (Å²) in [6, 6.07) is 99.9. The lowest BCUT2D eigenvalue weighted by atomic mass is 9.98. The molecule has 0 N–H and O–H groups in total. The largest absolute Gasteiger partial charge is 0.308 e. The van der Waals surface area contributed by atoms with Crippen LogP contribution >= 0.6 is 0 Å². The number of hydrogen-bond donors (Lipinski definition) is 0. The molecule has 2 heterocycles. The van der Waals surface area contributed by atoms with Crippen LogP contribution in [0, 0.1) is 17.9 Å². The lowest BCUT2D eigenvalue weighted by Gasteiger charge is -2.34. The fraction of sp³-hybridized carbons (Fsp3) is 0. The van der Waals surface area contributed by atoms with E-state index < -0.39 is 8.07 Å². The van der Waals surface area contributed by atoms with Crippen molar-refractivity contribution in [2.24, 2.45) is 0 Å². The summed E-state index contributed by atoms with van der Waals surface area (Å²) < 4.78 is 2.33. The Hall–Kier alpha value is -10.6. The van der Waals surface area contributed by atoms with Gasteiger partial charge in [0.2, 0.25) is 0 Å². The molecule has 78 heavy (non-hydrogen) atoms. The normalized spacial score (nSPS) is 11.3. The van der Waals surface area contributed by atoms with Gasteiger partial charge in [-0.05, 0) is 84.5 Å². The van der Waals surface area contributed by atoms with E-state index in [0.29, 0.717) is 28.7 Å². The smallest absolute Gasteiger partial charge is 0.194 e. The van der Waals surface area contributed by atoms with Gasteiger partial charge in [0.1, 0.15) is 0 Å². The average Bonchev–Trinajstić information content (AvgIpc) is 4.00. The molecule has 13 aromatic rings. The highest BCUT2D eigenvalue weighted by molar-refractivity contribution is 7.19. The molecule has 0 saturated heterocycles. The van der Waals surface area contributed by atoms with E-state index in [2.05, 4.69) is 185 Å². The molecule has 364 valence electrons. The lowest BCUT2D eigenvalue weighted by Crippen LogP contribution is -2.74. The number of rotatable bonds is 11. The highest BCUT2D eigenvalue weighted by atomic mass is 28.3. The van der Waals surface area contributed by atoms with Crippen molar-refractivity contribution in [3.8, 4) is 79.3 Å². The summed E-state index contributed by atoms with van der Waals surface area (Å²) in [5, 5.41) is 17.6. The fourth-order valence-corrected chi connectivity index (χ4v) is 16.1. The van der Waals surface area contributed by atoms with Gasteiger partial charge in [0.25, 0.3) is 0 Å². The SMILES string of the molecule is [C-]#[N+]c1ccccc1-c1ccc2c3ccc(-c4ccccc4C#N)cc3n(-c3cc(-c4cccc([Si](c5ccccc5)(c5ccccc5)c5ccccc5)c4)ccc3-c3nc(-c4ccccc4)nc(-c4ccccc4)n3)c2c1. The van der Waals surface area contributed by atoms with Crippen LogP contribution in [0.25, 0.3) is 99.9 Å². The van der Waals surface area contributed by atoms with E-state index >= 15 is 0 Å². The van der Waals surface area contributed by atoms with E-state index in [9.17, 15) is 5.26 Å². The number of fused-ring (bicyclic) bond motifs is 3. The van der Waals surface area contributed by atoms with E-state index in [1.807, 2.05) is 109 Å². The predicted octanol–water partition coefficient (Wildman–Crippen LogP) is 14.8. The second-order valence-electron chi connectivity index (χ2n) is 19.3. The third kappa shape index (κ3) is 8.34. The molecule has 0 unspecified atom stereocenters. The molecule has 0 aliphatic rings. The van der Waals surface area contributed by atoms with Crippen LogP contribution in [-0.4, -0.2) is 27.6 Å². The first kappa shape index (κ1) is 47.2. The molecule has 0 amide bonds. The third-order valence-corrected chi connectivity index (χ3v) is 19.7. The maximum absolute atomic E-state index is 10.4. The maximum Gasteiger partial charge on any atom is 0.194 e. The molecule has 0 saturated carbocycles. The second kappa shape index (κ2) is 20.3. The summed E-state index contributed by atoms with van der Waals surface area (Å²) in [5.74, 6) is 1.63. The van der Waals surface area contributed by atoms with Crippen molar-refractivity contribution < 1.29 is 0 Å². The Labute approximate surface area is 454 Å². The van der Waals surface area contributed by atoms with Crippen molar-refractivity contribution in [2.75, 3.05) is 0 Å². The molecule has 13 rings (SSSR count). The first-order valence-corrected chi connectivity index (χ1v) is 27.9. The van der Waals surface area contributed by atoms with Crippen LogP contribution < -0.4 is 20.7 Å². The minimum absolute atomic E-state index is 0.511. The molecule has 0 aliphatic heterocycles. The van der Waals surface area contributed by atoms with Gasteiger partial charge in [0.15, 0.2) is 31.2 Å². The second-order valence-corrected chi connectivity index (χ2v) is 23.1. The molecular formula is C71H46N6Si. The molecular weight excluding hydrogens is 965 g/mol. The van der Waals surface area contributed by atoms with Gasteiger partial charge < -0.3 is 4.57 Å². The quantitative estimate of drug-likeness (QED) is 0.0735. The van der Waals surface area contributed by atoms with Crippen LogP contribution in [0.1, 0.15) is 5.56 Å². The van der Waals surface area contributed by atoms with Gasteiger partial charge >= 0.3 is 0 Å². The Kier molecular flexibility index (Phi) is 12.3. The van der Waals surface area contributed by atoms with Crippen molar-refractivity contribution in [1.82, 2.24) is 19.5 Å². The van der Waals surface area contributed by atoms with E-state index in [1.165, 1.54) is 20.7 Å². The molecule has 11 aromatic carbocycles. The van der Waals surface area contributed by atoms with E-state index in [4.69, 9.17) is 21.5 Å². The first-order valence-electron chi connectivity index (χ1n) is 25.9. The summed E-state index contributed by atoms with van der Waals surface area (Å²) >= 11 is 0. The zero-order valence-electron chi connectivity index (χ0n) is 42.2. The highest BCUT2D eigenvalue weighted by Crippen LogP contribution is 2.42. The number of nitrogens with zero attached hydrogens (tertiary/aromatic N) is 6. The van der Waals surface area contributed by atoms with E-state index in [0.717, 1.165) is 77.6 Å². The predicted molar refractivity (Wildman–Crippen MR) is 321 cm³/mol. The Morgan fingerprint density at radius 1 is 0.359 bits per heavy atom. The molecule has 2 aromatic heterocycles. The zero-order valence-corrected chi connectivity index (χ0v) is 43.2. The fourth-order valence-electron chi connectivity index (χ4n) is 11.3. The summed E-state index contributed by atoms with van der Waals surface area (Å²) in [5.41, 5.74) is 12.0. The summed E-state index contributed by atoms with van der Waals surface area (Å²) in [6.07, 6.45) is 0. The Morgan fingerprint density at radius 3 is 1.35 bits per heavy atom. The van der Waals surface area contributed by atoms with E-state index in [1.54, 1.807) is 0 Å². The van der Waals surface area contributed by atoms with Gasteiger partial charge in [-0.25, -0.2) is 19.8 Å². The topological polar surface area (TPSA) is 71.8 Å². The summed E-state index contributed by atoms with van der Waals surface area (Å²) in [6.45, 7) is 8.17. The van der Waals surface area contributed by atoms with Crippen LogP contribution in [0.3, 0.4) is 0 Å². The minimum atomic E-state index is -2.91. The first-order chi connectivity index (χ1) is 38.6. The Morgan fingerprint density at radius 2 is 0.795 bits per heavy atom. The van der Waals surface area contributed by atoms with Crippen LogP contribution in [-0.2, 0) is 0 Å². The van der Waals surface area contributed by atoms with E-state index in [-0.39, 0.29) is 0 Å². The number of aromatic nitrogens is 4. The Balaban J connectivity index is 1.13. The van der Waals surface area contributed by atoms with Crippen molar-refractivity contribution >= 4 is 56.3 Å². The zero-order chi connectivity index (χ0) is 52.4. The standard InChI is InChI=1S/C71H46N6Si/c1-73-65-37-20-19-36-61(65)54-40-42-63-62-41-39-53(60-35-18-17-26-55(60)48-72)46-66(62)77(67(63)47-54)68-45-52(38-43-64(68)71-75-69(49-22-7-2-8-23-49)74-70(76-71)50-24-9-3-10-25-50)51-27-21-34-59(44-51)78(56-28-11-4-12-29-56,57-30-13-5-14-31-57)58-32-15-6-16-33-58/h2-47H. The molecule has 6 nitrogen and oxygen atoms in total. The molecule has 0 bridgehead atoms.